The average Bonchev–Trinajstić information content (AvgIpc) is 2.14. The summed E-state index contributed by atoms with van der Waals surface area (Å²) in [6, 6.07) is 0. The number of halogens is 1. The van der Waals surface area contributed by atoms with Crippen LogP contribution >= 0.6 is 0 Å². The van der Waals surface area contributed by atoms with Gasteiger partial charge in [0.25, 0.3) is 0 Å². The number of ether oxygens (including phenoxy) is 2. The van der Waals surface area contributed by atoms with Crippen LogP contribution in [0.4, 0.5) is 4.39 Å². The molecule has 0 aromatic heterocycles. The van der Waals surface area contributed by atoms with E-state index in [2.05, 4.69) is 16.1 Å². The topological polar surface area (TPSA) is 105 Å². The maximum atomic E-state index is 13.0. The van der Waals surface area contributed by atoms with Crippen molar-refractivity contribution in [3.63, 3.8) is 0 Å². The van der Waals surface area contributed by atoms with Crippen molar-refractivity contribution in [3.8, 4) is 0 Å². The predicted octanol–water partition coefficient (Wildman–Crippen LogP) is 0.686. The molecule has 15 heavy (non-hydrogen) atoms. The van der Waals surface area contributed by atoms with E-state index in [4.69, 9.17) is 0 Å². The molecule has 0 N–H and O–H groups in total. The van der Waals surface area contributed by atoms with Crippen LogP contribution in [0.5, 0.6) is 0 Å². The van der Waals surface area contributed by atoms with Crippen molar-refractivity contribution in [2.75, 3.05) is 6.61 Å². The highest BCUT2D eigenvalue weighted by Gasteiger charge is 2.58. The van der Waals surface area contributed by atoms with Crippen LogP contribution in [-0.2, 0) is 9.47 Å². The van der Waals surface area contributed by atoms with Crippen LogP contribution in [0.15, 0.2) is 12.8 Å². The molecular formula is C6H9FN2O6. The molecule has 0 saturated heterocycles. The van der Waals surface area contributed by atoms with Crippen LogP contribution in [0.1, 0.15) is 6.92 Å². The van der Waals surface area contributed by atoms with Crippen LogP contribution in [0, 0.1) is 20.2 Å². The van der Waals surface area contributed by atoms with Crippen LogP contribution < -0.4 is 0 Å². The third-order valence-electron chi connectivity index (χ3n) is 1.35. The molecule has 1 unspecified atom stereocenters. The lowest BCUT2D eigenvalue weighted by Gasteiger charge is -2.13. The van der Waals surface area contributed by atoms with Crippen molar-refractivity contribution < 1.29 is 23.7 Å². The number of rotatable bonds is 7. The SMILES string of the molecule is C=COC(C)OCC(F)([N+](=O)[O-])[N+](=O)[O-]. The maximum absolute atomic E-state index is 13.0. The summed E-state index contributed by atoms with van der Waals surface area (Å²) < 4.78 is 22.0. The summed E-state index contributed by atoms with van der Waals surface area (Å²) in [5.41, 5.74) is 0. The second-order valence-corrected chi connectivity index (χ2v) is 2.41. The van der Waals surface area contributed by atoms with Gasteiger partial charge in [0.2, 0.25) is 6.61 Å². The summed E-state index contributed by atoms with van der Waals surface area (Å²) in [5, 5.41) is 20.2. The Bertz CT molecular complexity index is 256. The van der Waals surface area contributed by atoms with Gasteiger partial charge < -0.3 is 9.47 Å². The Kier molecular flexibility index (Phi) is 4.58. The molecule has 8 nitrogen and oxygen atoms in total. The monoisotopic (exact) mass is 224 g/mol. The standard InChI is InChI=1S/C6H9FN2O6/c1-3-14-5(2)15-4-6(7,8(10)11)9(12)13/h3,5H,1,4H2,2H3. The zero-order valence-corrected chi connectivity index (χ0v) is 7.79. The van der Waals surface area contributed by atoms with Gasteiger partial charge in [-0.15, -0.1) is 0 Å². The van der Waals surface area contributed by atoms with Crippen molar-refractivity contribution in [3.05, 3.63) is 33.1 Å². The first-order valence-corrected chi connectivity index (χ1v) is 3.70. The highest BCUT2D eigenvalue weighted by molar-refractivity contribution is 4.53. The van der Waals surface area contributed by atoms with Crippen LogP contribution in [-0.4, -0.2) is 28.7 Å². The highest BCUT2D eigenvalue weighted by atomic mass is 19.2. The fraction of sp³-hybridized carbons (Fsp3) is 0.667. The number of hydrogen-bond donors (Lipinski definition) is 0. The van der Waals surface area contributed by atoms with Gasteiger partial charge in [0.1, 0.15) is 9.85 Å². The number of nitro groups is 2. The van der Waals surface area contributed by atoms with Crippen molar-refractivity contribution in [1.82, 2.24) is 0 Å². The second kappa shape index (κ2) is 5.20. The van der Waals surface area contributed by atoms with E-state index >= 15 is 0 Å². The van der Waals surface area contributed by atoms with Gasteiger partial charge in [0, 0.05) is 0 Å². The van der Waals surface area contributed by atoms with Crippen molar-refractivity contribution >= 4 is 0 Å². The Morgan fingerprint density at radius 3 is 2.33 bits per heavy atom. The van der Waals surface area contributed by atoms with Gasteiger partial charge in [0.15, 0.2) is 6.29 Å². The molecule has 9 heteroatoms. The van der Waals surface area contributed by atoms with Gasteiger partial charge >= 0.3 is 5.92 Å². The molecule has 0 fully saturated rings. The summed E-state index contributed by atoms with van der Waals surface area (Å²) in [5.74, 6) is -3.86. The van der Waals surface area contributed by atoms with Crippen LogP contribution in [0.3, 0.4) is 0 Å². The molecule has 0 aliphatic heterocycles. The van der Waals surface area contributed by atoms with E-state index in [0.29, 0.717) is 0 Å². The van der Waals surface area contributed by atoms with Gasteiger partial charge in [-0.2, -0.15) is 0 Å². The first kappa shape index (κ1) is 13.2. The molecule has 0 spiro atoms. The largest absolute Gasteiger partial charge is 0.637 e. The molecule has 0 heterocycles. The van der Waals surface area contributed by atoms with E-state index in [9.17, 15) is 24.6 Å². The summed E-state index contributed by atoms with van der Waals surface area (Å²) >= 11 is 0. The number of nitrogens with zero attached hydrogens (tertiary/aromatic N) is 2. The molecule has 1 atom stereocenters. The molecule has 0 rings (SSSR count). The summed E-state index contributed by atoms with van der Waals surface area (Å²) in [7, 11) is 0. The van der Waals surface area contributed by atoms with E-state index in [1.54, 1.807) is 0 Å². The summed E-state index contributed by atoms with van der Waals surface area (Å²) in [6.07, 6.45) is -0.0966. The molecule has 0 bridgehead atoms. The molecule has 0 aliphatic rings. The molecule has 0 radical (unpaired) electrons. The number of hydrogen-bond acceptors (Lipinski definition) is 6. The minimum Gasteiger partial charge on any atom is -0.473 e. The Hall–Kier alpha value is -1.77. The van der Waals surface area contributed by atoms with Crippen molar-refractivity contribution in [1.29, 1.82) is 0 Å². The Morgan fingerprint density at radius 1 is 1.53 bits per heavy atom. The van der Waals surface area contributed by atoms with E-state index in [1.165, 1.54) is 6.92 Å². The summed E-state index contributed by atoms with van der Waals surface area (Å²) in [4.78, 5) is 16.8. The Labute approximate surface area is 83.6 Å². The first-order valence-electron chi connectivity index (χ1n) is 3.70. The van der Waals surface area contributed by atoms with Gasteiger partial charge in [-0.1, -0.05) is 11.0 Å². The van der Waals surface area contributed by atoms with E-state index in [-0.39, 0.29) is 0 Å². The molecule has 0 aromatic rings. The summed E-state index contributed by atoms with van der Waals surface area (Å²) in [6.45, 7) is 3.09. The van der Waals surface area contributed by atoms with Gasteiger partial charge in [-0.25, -0.2) is 0 Å². The fourth-order valence-corrected chi connectivity index (χ4v) is 0.570. The molecule has 0 aliphatic carbocycles. The number of alkyl halides is 1. The second-order valence-electron chi connectivity index (χ2n) is 2.41. The fourth-order valence-electron chi connectivity index (χ4n) is 0.570. The highest BCUT2D eigenvalue weighted by Crippen LogP contribution is 2.14. The van der Waals surface area contributed by atoms with Gasteiger partial charge in [-0.3, -0.25) is 20.2 Å². The minimum atomic E-state index is -3.86. The molecule has 0 aromatic carbocycles. The third-order valence-corrected chi connectivity index (χ3v) is 1.35. The Morgan fingerprint density at radius 2 is 2.00 bits per heavy atom. The molecule has 86 valence electrons. The van der Waals surface area contributed by atoms with Crippen molar-refractivity contribution in [2.24, 2.45) is 0 Å². The zero-order chi connectivity index (χ0) is 12.1. The smallest absolute Gasteiger partial charge is 0.473 e. The quantitative estimate of drug-likeness (QED) is 0.207. The van der Waals surface area contributed by atoms with E-state index in [1.807, 2.05) is 0 Å². The molecule has 0 amide bonds. The lowest BCUT2D eigenvalue weighted by Crippen LogP contribution is -2.46. The Balaban J connectivity index is 4.38. The van der Waals surface area contributed by atoms with E-state index in [0.717, 1.165) is 6.26 Å². The third kappa shape index (κ3) is 3.46. The molecular weight excluding hydrogens is 215 g/mol. The predicted molar refractivity (Wildman–Crippen MR) is 44.5 cm³/mol. The van der Waals surface area contributed by atoms with Crippen molar-refractivity contribution in [2.45, 2.75) is 19.1 Å². The maximum Gasteiger partial charge on any atom is 0.637 e. The lowest BCUT2D eigenvalue weighted by atomic mass is 10.5. The first-order chi connectivity index (χ1) is 6.84. The van der Waals surface area contributed by atoms with Crippen LogP contribution in [0.2, 0.25) is 0 Å². The van der Waals surface area contributed by atoms with Gasteiger partial charge in [-0.05, 0) is 6.92 Å². The lowest BCUT2D eigenvalue weighted by molar-refractivity contribution is -0.833. The van der Waals surface area contributed by atoms with Crippen LogP contribution in [0.25, 0.3) is 0 Å². The van der Waals surface area contributed by atoms with Gasteiger partial charge in [0.05, 0.1) is 6.26 Å². The normalized spacial score (nSPS) is 12.9. The average molecular weight is 224 g/mol. The minimum absolute atomic E-state index is 0.961. The molecule has 0 saturated carbocycles. The van der Waals surface area contributed by atoms with E-state index < -0.39 is 28.7 Å². The zero-order valence-electron chi connectivity index (χ0n) is 7.79.